The van der Waals surface area contributed by atoms with Gasteiger partial charge in [0.2, 0.25) is 5.91 Å². The number of nitro groups is 1. The van der Waals surface area contributed by atoms with Gasteiger partial charge in [-0.05, 0) is 30.3 Å². The zero-order chi connectivity index (χ0) is 21.4. The van der Waals surface area contributed by atoms with Crippen molar-refractivity contribution in [2.75, 3.05) is 16.8 Å². The monoisotopic (exact) mass is 412 g/mol. The number of para-hydroxylation sites is 2. The Kier molecular flexibility index (Phi) is 4.66. The summed E-state index contributed by atoms with van der Waals surface area (Å²) in [7, 11) is 0. The van der Waals surface area contributed by atoms with Crippen LogP contribution in [0.4, 0.5) is 21.5 Å². The molecule has 2 aromatic rings. The Hall–Kier alpha value is -4.22. The summed E-state index contributed by atoms with van der Waals surface area (Å²) in [4.78, 5) is 49.1. The van der Waals surface area contributed by atoms with Crippen LogP contribution in [0.1, 0.15) is 0 Å². The van der Waals surface area contributed by atoms with Crippen LogP contribution < -0.4 is 10.2 Å². The van der Waals surface area contributed by atoms with Crippen molar-refractivity contribution in [1.82, 2.24) is 5.01 Å². The molecule has 11 nitrogen and oxygen atoms in total. The summed E-state index contributed by atoms with van der Waals surface area (Å²) in [6.45, 7) is -0.451. The highest BCUT2D eigenvalue weighted by Crippen LogP contribution is 2.32. The lowest BCUT2D eigenvalue weighted by atomic mass is 10.1. The summed E-state index contributed by atoms with van der Waals surface area (Å²) in [6, 6.07) is 8.14. The van der Waals surface area contributed by atoms with Gasteiger partial charge in [-0.2, -0.15) is 5.11 Å². The number of carbonyl (C=O) groups excluding carboxylic acids is 3. The molecule has 12 heteroatoms. The molecule has 1 fully saturated rings. The van der Waals surface area contributed by atoms with Crippen LogP contribution in [0.3, 0.4) is 0 Å². The third-order valence-corrected chi connectivity index (χ3v) is 4.62. The summed E-state index contributed by atoms with van der Waals surface area (Å²) < 4.78 is 13.1. The maximum atomic E-state index is 13.1. The first kappa shape index (κ1) is 19.1. The van der Waals surface area contributed by atoms with E-state index in [2.05, 4.69) is 15.7 Å². The number of anilines is 2. The number of hydrogen-bond acceptors (Lipinski definition) is 8. The van der Waals surface area contributed by atoms with Crippen LogP contribution in [0.5, 0.6) is 0 Å². The number of carbonyl (C=O) groups is 3. The predicted molar refractivity (Wildman–Crippen MR) is 99.8 cm³/mol. The van der Waals surface area contributed by atoms with Crippen LogP contribution in [0.2, 0.25) is 0 Å². The van der Waals surface area contributed by atoms with Crippen molar-refractivity contribution in [2.45, 2.75) is 12.1 Å². The van der Waals surface area contributed by atoms with E-state index in [1.165, 1.54) is 36.4 Å². The van der Waals surface area contributed by atoms with E-state index >= 15 is 0 Å². The molecule has 4 rings (SSSR count). The number of nitrogens with zero attached hydrogens (tertiary/aromatic N) is 5. The van der Waals surface area contributed by atoms with Crippen molar-refractivity contribution >= 4 is 34.8 Å². The van der Waals surface area contributed by atoms with Gasteiger partial charge < -0.3 is 5.32 Å². The van der Waals surface area contributed by atoms with E-state index in [0.29, 0.717) is 0 Å². The zero-order valence-corrected chi connectivity index (χ0v) is 15.1. The van der Waals surface area contributed by atoms with Gasteiger partial charge in [0.05, 0.1) is 10.6 Å². The second kappa shape index (κ2) is 7.31. The molecule has 3 amide bonds. The highest BCUT2D eigenvalue weighted by molar-refractivity contribution is 6.25. The minimum Gasteiger partial charge on any atom is -0.319 e. The molecule has 152 valence electrons. The van der Waals surface area contributed by atoms with Gasteiger partial charge in [0.25, 0.3) is 17.5 Å². The topological polar surface area (TPSA) is 138 Å². The number of fused-ring (bicyclic) bond motifs is 1. The highest BCUT2D eigenvalue weighted by atomic mass is 19.1. The quantitative estimate of drug-likeness (QED) is 0.450. The van der Waals surface area contributed by atoms with Crippen molar-refractivity contribution in [3.8, 4) is 0 Å². The molecule has 0 saturated carbocycles. The molecule has 0 spiro atoms. The first-order valence-corrected chi connectivity index (χ1v) is 8.71. The first-order chi connectivity index (χ1) is 14.4. The Morgan fingerprint density at radius 3 is 2.53 bits per heavy atom. The molecule has 2 atom stereocenters. The molecule has 30 heavy (non-hydrogen) atoms. The fraction of sp³-hybridized carbons (Fsp3) is 0.167. The minimum atomic E-state index is -1.13. The second-order valence-electron chi connectivity index (χ2n) is 6.50. The van der Waals surface area contributed by atoms with E-state index in [1.807, 2.05) is 0 Å². The average molecular weight is 412 g/mol. The van der Waals surface area contributed by atoms with E-state index < -0.39 is 47.1 Å². The number of rotatable bonds is 5. The summed E-state index contributed by atoms with van der Waals surface area (Å²) in [6.07, 6.45) is 0. The highest BCUT2D eigenvalue weighted by Gasteiger charge is 2.55. The molecule has 2 aromatic carbocycles. The lowest BCUT2D eigenvalue weighted by molar-refractivity contribution is -0.383. The molecule has 0 radical (unpaired) electrons. The van der Waals surface area contributed by atoms with Gasteiger partial charge in [0.1, 0.15) is 18.0 Å². The molecule has 0 bridgehead atoms. The van der Waals surface area contributed by atoms with Crippen molar-refractivity contribution in [1.29, 1.82) is 0 Å². The molecule has 1 N–H and O–H groups in total. The Morgan fingerprint density at radius 1 is 1.13 bits per heavy atom. The fourth-order valence-corrected chi connectivity index (χ4v) is 3.27. The van der Waals surface area contributed by atoms with Crippen LogP contribution in [-0.4, -0.2) is 46.3 Å². The first-order valence-electron chi connectivity index (χ1n) is 8.71. The van der Waals surface area contributed by atoms with E-state index in [4.69, 9.17) is 0 Å². The molecule has 0 aliphatic carbocycles. The minimum absolute atomic E-state index is 0.0121. The van der Waals surface area contributed by atoms with E-state index in [9.17, 15) is 28.9 Å². The number of nitro benzene ring substituents is 1. The van der Waals surface area contributed by atoms with Crippen molar-refractivity contribution in [2.24, 2.45) is 10.3 Å². The molecule has 2 aliphatic heterocycles. The molecular weight excluding hydrogens is 399 g/mol. The third-order valence-electron chi connectivity index (χ3n) is 4.62. The van der Waals surface area contributed by atoms with Crippen molar-refractivity contribution in [3.05, 3.63) is 64.5 Å². The molecule has 1 saturated heterocycles. The molecule has 0 aromatic heterocycles. The van der Waals surface area contributed by atoms with Crippen molar-refractivity contribution in [3.63, 3.8) is 0 Å². The van der Waals surface area contributed by atoms with Gasteiger partial charge in [0, 0.05) is 6.07 Å². The van der Waals surface area contributed by atoms with E-state index in [1.54, 1.807) is 0 Å². The van der Waals surface area contributed by atoms with Gasteiger partial charge in [-0.3, -0.25) is 29.5 Å². The van der Waals surface area contributed by atoms with Crippen LogP contribution in [0.25, 0.3) is 0 Å². The molecular formula is C18H13FN6O5. The lowest BCUT2D eigenvalue weighted by Gasteiger charge is -2.20. The Balaban J connectivity index is 1.50. The number of benzene rings is 2. The Labute approximate surface area is 167 Å². The van der Waals surface area contributed by atoms with Gasteiger partial charge >= 0.3 is 0 Å². The Bertz CT molecular complexity index is 1090. The van der Waals surface area contributed by atoms with Crippen LogP contribution in [0.15, 0.2) is 58.9 Å². The maximum Gasteiger partial charge on any atom is 0.292 e. The van der Waals surface area contributed by atoms with Crippen LogP contribution >= 0.6 is 0 Å². The van der Waals surface area contributed by atoms with Gasteiger partial charge in [0.15, 0.2) is 12.1 Å². The smallest absolute Gasteiger partial charge is 0.292 e. The second-order valence-corrected chi connectivity index (χ2v) is 6.50. The SMILES string of the molecule is O=C(CN1N=N[C@@H]2C(=O)N(c3ccc(F)cc3)C(=O)[C@H]21)Nc1ccccc1[N+](=O)[O-]. The number of amides is 3. The van der Waals surface area contributed by atoms with E-state index in [0.717, 1.165) is 22.0 Å². The lowest BCUT2D eigenvalue weighted by Crippen LogP contribution is -2.43. The predicted octanol–water partition coefficient (Wildman–Crippen LogP) is 1.67. The number of hydrogen-bond donors (Lipinski definition) is 1. The molecule has 2 aliphatic rings. The average Bonchev–Trinajstić information content (AvgIpc) is 3.23. The zero-order valence-electron chi connectivity index (χ0n) is 15.1. The largest absolute Gasteiger partial charge is 0.319 e. The normalized spacial score (nSPS) is 19.9. The summed E-state index contributed by atoms with van der Waals surface area (Å²) in [5.74, 6) is -2.49. The molecule has 0 unspecified atom stereocenters. The summed E-state index contributed by atoms with van der Waals surface area (Å²) in [5, 5.41) is 22.0. The van der Waals surface area contributed by atoms with E-state index in [-0.39, 0.29) is 17.1 Å². The number of nitrogens with one attached hydrogen (secondary N) is 1. The number of imide groups is 1. The maximum absolute atomic E-state index is 13.1. The molecule has 2 heterocycles. The Morgan fingerprint density at radius 2 is 1.83 bits per heavy atom. The summed E-state index contributed by atoms with van der Waals surface area (Å²) >= 11 is 0. The fourth-order valence-electron chi connectivity index (χ4n) is 3.27. The van der Waals surface area contributed by atoms with Gasteiger partial charge in [-0.15, -0.1) is 0 Å². The van der Waals surface area contributed by atoms with Crippen molar-refractivity contribution < 1.29 is 23.7 Å². The van der Waals surface area contributed by atoms with Crippen LogP contribution in [0, 0.1) is 15.9 Å². The van der Waals surface area contributed by atoms with Gasteiger partial charge in [-0.25, -0.2) is 9.29 Å². The van der Waals surface area contributed by atoms with Gasteiger partial charge in [-0.1, -0.05) is 17.4 Å². The third kappa shape index (κ3) is 3.23. The number of halogens is 1. The standard InChI is InChI=1S/C18H13FN6O5/c19-10-5-7-11(8-6-10)24-17(27)15-16(18(24)28)23(22-21-15)9-14(26)20-12-3-1-2-4-13(12)25(29)30/h1-8,15-16H,9H2,(H,20,26)/t15-,16-/m0/s1. The van der Waals surface area contributed by atoms with Crippen LogP contribution in [-0.2, 0) is 14.4 Å². The summed E-state index contributed by atoms with van der Waals surface area (Å²) in [5.41, 5.74) is -0.122.